The van der Waals surface area contributed by atoms with E-state index in [2.05, 4.69) is 13.1 Å². The van der Waals surface area contributed by atoms with Gasteiger partial charge in [-0.1, -0.05) is 6.07 Å². The van der Waals surface area contributed by atoms with Crippen LogP contribution in [0.15, 0.2) is 30.3 Å². The molecule has 2 aromatic carbocycles. The highest BCUT2D eigenvalue weighted by Crippen LogP contribution is 2.39. The van der Waals surface area contributed by atoms with Crippen molar-refractivity contribution >= 4 is 9.04 Å². The molecule has 0 bridgehead atoms. The van der Waals surface area contributed by atoms with Crippen LogP contribution in [0.1, 0.15) is 11.1 Å². The van der Waals surface area contributed by atoms with Crippen LogP contribution in [0.3, 0.4) is 0 Å². The number of rotatable bonds is 8. The van der Waals surface area contributed by atoms with Crippen molar-refractivity contribution in [3.8, 4) is 28.7 Å². The zero-order valence-electron chi connectivity index (χ0n) is 15.7. The molecule has 0 saturated carbocycles. The standard InChI is InChI=1S/C19H26O5Si/c1-20-15-8-7-13(10-16(15)24-25(5)6)9-14-11-17(21-2)19(23-4)18(12-14)22-3/h7-8,10-12,25H,9H2,1-6H3. The van der Waals surface area contributed by atoms with E-state index in [1.54, 1.807) is 28.4 Å². The summed E-state index contributed by atoms with van der Waals surface area (Å²) in [5, 5.41) is 0. The van der Waals surface area contributed by atoms with Gasteiger partial charge in [0.25, 0.3) is 0 Å². The minimum Gasteiger partial charge on any atom is -0.544 e. The molecule has 5 nitrogen and oxygen atoms in total. The first-order chi connectivity index (χ1) is 12.0. The van der Waals surface area contributed by atoms with Crippen molar-refractivity contribution in [1.29, 1.82) is 0 Å². The Morgan fingerprint density at radius 3 is 1.72 bits per heavy atom. The fourth-order valence-electron chi connectivity index (χ4n) is 2.65. The summed E-state index contributed by atoms with van der Waals surface area (Å²) in [5.74, 6) is 3.45. The molecule has 25 heavy (non-hydrogen) atoms. The Balaban J connectivity index is 2.36. The zero-order chi connectivity index (χ0) is 18.4. The van der Waals surface area contributed by atoms with Crippen molar-refractivity contribution in [2.24, 2.45) is 0 Å². The fraction of sp³-hybridized carbons (Fsp3) is 0.368. The normalized spacial score (nSPS) is 10.5. The van der Waals surface area contributed by atoms with Crippen LogP contribution < -0.4 is 23.4 Å². The second kappa shape index (κ2) is 8.67. The van der Waals surface area contributed by atoms with E-state index in [0.29, 0.717) is 17.2 Å². The van der Waals surface area contributed by atoms with Gasteiger partial charge in [-0.2, -0.15) is 0 Å². The molecule has 0 N–H and O–H groups in total. The molecule has 0 fully saturated rings. The molecule has 136 valence electrons. The molecular formula is C19H26O5Si. The third kappa shape index (κ3) is 4.60. The summed E-state index contributed by atoms with van der Waals surface area (Å²) < 4.78 is 27.6. The Morgan fingerprint density at radius 1 is 0.680 bits per heavy atom. The molecule has 6 heteroatoms. The maximum Gasteiger partial charge on any atom is 0.229 e. The Morgan fingerprint density at radius 2 is 1.24 bits per heavy atom. The van der Waals surface area contributed by atoms with E-state index >= 15 is 0 Å². The first-order valence-corrected chi connectivity index (χ1v) is 10.9. The molecule has 0 atom stereocenters. The topological polar surface area (TPSA) is 46.2 Å². The molecule has 0 aliphatic heterocycles. The molecule has 0 radical (unpaired) electrons. The van der Waals surface area contributed by atoms with Gasteiger partial charge >= 0.3 is 0 Å². The second-order valence-electron chi connectivity index (χ2n) is 5.86. The summed E-state index contributed by atoms with van der Waals surface area (Å²) in [4.78, 5) is 0. The van der Waals surface area contributed by atoms with Crippen molar-refractivity contribution in [2.75, 3.05) is 28.4 Å². The van der Waals surface area contributed by atoms with Crippen LogP contribution >= 0.6 is 0 Å². The molecule has 0 unspecified atom stereocenters. The molecule has 0 heterocycles. The largest absolute Gasteiger partial charge is 0.544 e. The average molecular weight is 362 g/mol. The van der Waals surface area contributed by atoms with Crippen molar-refractivity contribution in [1.82, 2.24) is 0 Å². The number of hydrogen-bond acceptors (Lipinski definition) is 5. The van der Waals surface area contributed by atoms with E-state index in [1.165, 1.54) is 0 Å². The fourth-order valence-corrected chi connectivity index (χ4v) is 3.34. The van der Waals surface area contributed by atoms with E-state index in [4.69, 9.17) is 23.4 Å². The van der Waals surface area contributed by atoms with E-state index in [1.807, 2.05) is 30.3 Å². The van der Waals surface area contributed by atoms with Crippen LogP contribution in [0.25, 0.3) is 0 Å². The first kappa shape index (κ1) is 19.0. The van der Waals surface area contributed by atoms with Gasteiger partial charge in [0, 0.05) is 0 Å². The van der Waals surface area contributed by atoms with Crippen LogP contribution in [0.5, 0.6) is 28.7 Å². The highest BCUT2D eigenvalue weighted by molar-refractivity contribution is 6.49. The van der Waals surface area contributed by atoms with Gasteiger partial charge in [-0.15, -0.1) is 0 Å². The maximum absolute atomic E-state index is 5.99. The predicted molar refractivity (Wildman–Crippen MR) is 101 cm³/mol. The van der Waals surface area contributed by atoms with E-state index in [9.17, 15) is 0 Å². The number of ether oxygens (including phenoxy) is 4. The van der Waals surface area contributed by atoms with Crippen LogP contribution in [-0.2, 0) is 6.42 Å². The summed E-state index contributed by atoms with van der Waals surface area (Å²) in [6.45, 7) is 4.26. The molecule has 0 aliphatic rings. The summed E-state index contributed by atoms with van der Waals surface area (Å²) in [7, 11) is 5.27. The monoisotopic (exact) mass is 362 g/mol. The van der Waals surface area contributed by atoms with Crippen molar-refractivity contribution in [3.63, 3.8) is 0 Å². The molecule has 0 aliphatic carbocycles. The van der Waals surface area contributed by atoms with Gasteiger partial charge in [0.1, 0.15) is 5.75 Å². The van der Waals surface area contributed by atoms with Crippen LogP contribution in [-0.4, -0.2) is 37.5 Å². The highest BCUT2D eigenvalue weighted by Gasteiger charge is 2.14. The van der Waals surface area contributed by atoms with Gasteiger partial charge in [0.15, 0.2) is 17.2 Å². The molecular weight excluding hydrogens is 336 g/mol. The lowest BCUT2D eigenvalue weighted by molar-refractivity contribution is 0.324. The van der Waals surface area contributed by atoms with Gasteiger partial charge < -0.3 is 23.4 Å². The Labute approximate surface area is 151 Å². The third-order valence-corrected chi connectivity index (χ3v) is 4.45. The maximum atomic E-state index is 5.99. The summed E-state index contributed by atoms with van der Waals surface area (Å²) >= 11 is 0. The molecule has 2 rings (SSSR count). The highest BCUT2D eigenvalue weighted by atomic mass is 28.3. The van der Waals surface area contributed by atoms with Gasteiger partial charge in [-0.25, -0.2) is 0 Å². The molecule has 0 spiro atoms. The molecule has 0 amide bonds. The number of hydrogen-bond donors (Lipinski definition) is 0. The SMILES string of the molecule is COc1ccc(Cc2cc(OC)c(OC)c(OC)c2)cc1O[SiH](C)C. The first-order valence-electron chi connectivity index (χ1n) is 8.14. The van der Waals surface area contributed by atoms with Crippen LogP contribution in [0, 0.1) is 0 Å². The van der Waals surface area contributed by atoms with Crippen LogP contribution in [0.4, 0.5) is 0 Å². The molecule has 0 saturated heterocycles. The quantitative estimate of drug-likeness (QED) is 0.671. The van der Waals surface area contributed by atoms with Crippen molar-refractivity contribution in [2.45, 2.75) is 19.5 Å². The number of benzene rings is 2. The zero-order valence-corrected chi connectivity index (χ0v) is 16.9. The lowest BCUT2D eigenvalue weighted by Gasteiger charge is -2.16. The minimum atomic E-state index is -1.22. The van der Waals surface area contributed by atoms with Crippen LogP contribution in [0.2, 0.25) is 13.1 Å². The smallest absolute Gasteiger partial charge is 0.229 e. The Bertz CT molecular complexity index is 690. The number of methoxy groups -OCH3 is 4. The molecule has 2 aromatic rings. The summed E-state index contributed by atoms with van der Waals surface area (Å²) in [6.07, 6.45) is 0.719. The van der Waals surface area contributed by atoms with Gasteiger partial charge in [0.05, 0.1) is 28.4 Å². The summed E-state index contributed by atoms with van der Waals surface area (Å²) in [6, 6.07) is 9.94. The van der Waals surface area contributed by atoms with Gasteiger partial charge in [0.2, 0.25) is 14.8 Å². The Hall–Kier alpha value is -2.34. The lowest BCUT2D eigenvalue weighted by atomic mass is 10.0. The van der Waals surface area contributed by atoms with E-state index in [0.717, 1.165) is 29.0 Å². The Kier molecular flexibility index (Phi) is 6.58. The van der Waals surface area contributed by atoms with E-state index in [-0.39, 0.29) is 0 Å². The van der Waals surface area contributed by atoms with Gasteiger partial charge in [-0.3, -0.25) is 0 Å². The summed E-state index contributed by atoms with van der Waals surface area (Å²) in [5.41, 5.74) is 2.19. The predicted octanol–water partition coefficient (Wildman–Crippen LogP) is 3.67. The third-order valence-electron chi connectivity index (χ3n) is 3.72. The average Bonchev–Trinajstić information content (AvgIpc) is 2.60. The molecule has 0 aromatic heterocycles. The van der Waals surface area contributed by atoms with Gasteiger partial charge in [-0.05, 0) is 54.9 Å². The van der Waals surface area contributed by atoms with Crippen molar-refractivity contribution < 1.29 is 23.4 Å². The second-order valence-corrected chi connectivity index (χ2v) is 8.20. The van der Waals surface area contributed by atoms with E-state index < -0.39 is 9.04 Å². The minimum absolute atomic E-state index is 0.596. The lowest BCUT2D eigenvalue weighted by Crippen LogP contribution is -2.12. The van der Waals surface area contributed by atoms with Crippen molar-refractivity contribution in [3.05, 3.63) is 41.5 Å².